The normalized spacial score (nSPS) is 12.2. The number of nitrogens with one attached hydrogen (secondary N) is 1. The van der Waals surface area contributed by atoms with E-state index in [2.05, 4.69) is 5.32 Å². The van der Waals surface area contributed by atoms with E-state index in [4.69, 9.17) is 9.84 Å². The number of carboxylic acids is 1. The monoisotopic (exact) mass is 223 g/mol. The molecule has 16 heavy (non-hydrogen) atoms. The predicted molar refractivity (Wildman–Crippen MR) is 63.1 cm³/mol. The topological polar surface area (TPSA) is 58.6 Å². The molecule has 0 aliphatic heterocycles. The van der Waals surface area contributed by atoms with Gasteiger partial charge in [0.15, 0.2) is 0 Å². The van der Waals surface area contributed by atoms with Crippen molar-refractivity contribution in [3.8, 4) is 0 Å². The van der Waals surface area contributed by atoms with Crippen LogP contribution in [-0.2, 0) is 4.74 Å². The van der Waals surface area contributed by atoms with Gasteiger partial charge in [-0.1, -0.05) is 11.6 Å². The molecule has 0 spiro atoms. The van der Waals surface area contributed by atoms with Crippen LogP contribution >= 0.6 is 0 Å². The van der Waals surface area contributed by atoms with E-state index in [1.165, 1.54) is 0 Å². The molecule has 2 N–H and O–H groups in total. The lowest BCUT2D eigenvalue weighted by Crippen LogP contribution is -2.19. The van der Waals surface area contributed by atoms with E-state index >= 15 is 0 Å². The first-order chi connectivity index (χ1) is 7.54. The molecule has 0 amide bonds. The van der Waals surface area contributed by atoms with E-state index in [9.17, 15) is 4.79 Å². The molecule has 0 aliphatic rings. The third-order valence-electron chi connectivity index (χ3n) is 2.39. The minimum absolute atomic E-state index is 0.0444. The maximum atomic E-state index is 11.0. The Morgan fingerprint density at radius 1 is 1.56 bits per heavy atom. The number of ether oxygens (including phenoxy) is 1. The lowest BCUT2D eigenvalue weighted by Gasteiger charge is -2.14. The van der Waals surface area contributed by atoms with Crippen LogP contribution in [0.3, 0.4) is 0 Å². The standard InChI is InChI=1S/C12H17NO3/c1-8-4-5-11(10(6-8)12(14)15)13-7-9(2)16-3/h4-6,9,13H,7H2,1-3H3,(H,14,15). The summed E-state index contributed by atoms with van der Waals surface area (Å²) in [6, 6.07) is 5.32. The Morgan fingerprint density at radius 3 is 2.81 bits per heavy atom. The summed E-state index contributed by atoms with van der Waals surface area (Å²) in [5, 5.41) is 12.1. The average Bonchev–Trinajstić information content (AvgIpc) is 2.26. The van der Waals surface area contributed by atoms with Gasteiger partial charge < -0.3 is 15.2 Å². The Bertz CT molecular complexity index is 377. The maximum absolute atomic E-state index is 11.0. The molecule has 0 radical (unpaired) electrons. The Labute approximate surface area is 95.2 Å². The van der Waals surface area contributed by atoms with Crippen molar-refractivity contribution in [2.24, 2.45) is 0 Å². The number of anilines is 1. The molecule has 1 aromatic carbocycles. The Balaban J connectivity index is 2.82. The maximum Gasteiger partial charge on any atom is 0.337 e. The molecule has 0 aromatic heterocycles. The second kappa shape index (κ2) is 5.51. The number of benzene rings is 1. The van der Waals surface area contributed by atoms with Crippen molar-refractivity contribution >= 4 is 11.7 Å². The van der Waals surface area contributed by atoms with Gasteiger partial charge in [0.2, 0.25) is 0 Å². The molecule has 4 heteroatoms. The highest BCUT2D eigenvalue weighted by Gasteiger charge is 2.10. The number of hydrogen-bond donors (Lipinski definition) is 2. The van der Waals surface area contributed by atoms with Gasteiger partial charge in [0, 0.05) is 19.3 Å². The summed E-state index contributed by atoms with van der Waals surface area (Å²) in [4.78, 5) is 11.0. The molecule has 0 saturated heterocycles. The summed E-state index contributed by atoms with van der Waals surface area (Å²) in [6.07, 6.45) is 0.0444. The van der Waals surface area contributed by atoms with Crippen molar-refractivity contribution < 1.29 is 14.6 Å². The second-order valence-corrected chi connectivity index (χ2v) is 3.78. The highest BCUT2D eigenvalue weighted by atomic mass is 16.5. The molecule has 1 unspecified atom stereocenters. The lowest BCUT2D eigenvalue weighted by molar-refractivity contribution is 0.0697. The highest BCUT2D eigenvalue weighted by molar-refractivity contribution is 5.94. The molecule has 0 bridgehead atoms. The number of aryl methyl sites for hydroxylation is 1. The first-order valence-corrected chi connectivity index (χ1v) is 5.15. The van der Waals surface area contributed by atoms with Crippen LogP contribution in [0, 0.1) is 6.92 Å². The van der Waals surface area contributed by atoms with E-state index in [-0.39, 0.29) is 6.10 Å². The molecule has 1 rings (SSSR count). The molecule has 4 nitrogen and oxygen atoms in total. The number of carboxylic acid groups (broad SMARTS) is 1. The van der Waals surface area contributed by atoms with Gasteiger partial charge in [-0.05, 0) is 26.0 Å². The van der Waals surface area contributed by atoms with E-state index in [1.54, 1.807) is 19.2 Å². The van der Waals surface area contributed by atoms with Crippen molar-refractivity contribution in [3.63, 3.8) is 0 Å². The van der Waals surface area contributed by atoms with Crippen molar-refractivity contribution in [2.45, 2.75) is 20.0 Å². The minimum Gasteiger partial charge on any atom is -0.478 e. The van der Waals surface area contributed by atoms with Crippen molar-refractivity contribution in [1.29, 1.82) is 0 Å². The molecular weight excluding hydrogens is 206 g/mol. The van der Waals surface area contributed by atoms with Crippen LogP contribution in [0.2, 0.25) is 0 Å². The van der Waals surface area contributed by atoms with Crippen LogP contribution in [0.4, 0.5) is 5.69 Å². The van der Waals surface area contributed by atoms with Crippen LogP contribution < -0.4 is 5.32 Å². The highest BCUT2D eigenvalue weighted by Crippen LogP contribution is 2.17. The molecule has 0 aliphatic carbocycles. The minimum atomic E-state index is -0.920. The Morgan fingerprint density at radius 2 is 2.25 bits per heavy atom. The fourth-order valence-corrected chi connectivity index (χ4v) is 1.33. The van der Waals surface area contributed by atoms with E-state index in [0.717, 1.165) is 5.56 Å². The van der Waals surface area contributed by atoms with Gasteiger partial charge >= 0.3 is 5.97 Å². The van der Waals surface area contributed by atoms with Gasteiger partial charge in [-0.25, -0.2) is 4.79 Å². The zero-order chi connectivity index (χ0) is 12.1. The summed E-state index contributed by atoms with van der Waals surface area (Å²) in [6.45, 7) is 4.37. The van der Waals surface area contributed by atoms with Gasteiger partial charge in [-0.3, -0.25) is 0 Å². The third-order valence-corrected chi connectivity index (χ3v) is 2.39. The number of aromatic carboxylic acids is 1. The summed E-state index contributed by atoms with van der Waals surface area (Å²) in [5.41, 5.74) is 1.85. The first-order valence-electron chi connectivity index (χ1n) is 5.15. The van der Waals surface area contributed by atoms with Crippen LogP contribution in [0.1, 0.15) is 22.8 Å². The van der Waals surface area contributed by atoms with Crippen molar-refractivity contribution in [3.05, 3.63) is 29.3 Å². The summed E-state index contributed by atoms with van der Waals surface area (Å²) < 4.78 is 5.09. The largest absolute Gasteiger partial charge is 0.478 e. The van der Waals surface area contributed by atoms with Crippen LogP contribution in [0.15, 0.2) is 18.2 Å². The summed E-state index contributed by atoms with van der Waals surface area (Å²) in [5.74, 6) is -0.920. The van der Waals surface area contributed by atoms with Crippen LogP contribution in [0.5, 0.6) is 0 Å². The molecule has 1 aromatic rings. The molecule has 1 atom stereocenters. The average molecular weight is 223 g/mol. The van der Waals surface area contributed by atoms with Gasteiger partial charge in [0.25, 0.3) is 0 Å². The van der Waals surface area contributed by atoms with Crippen molar-refractivity contribution in [2.75, 3.05) is 19.0 Å². The quantitative estimate of drug-likeness (QED) is 0.803. The van der Waals surface area contributed by atoms with Gasteiger partial charge in [0.1, 0.15) is 0 Å². The molecule has 0 saturated carbocycles. The van der Waals surface area contributed by atoms with E-state index in [1.807, 2.05) is 19.9 Å². The molecular formula is C12H17NO3. The molecule has 0 heterocycles. The van der Waals surface area contributed by atoms with Gasteiger partial charge in [-0.15, -0.1) is 0 Å². The Hall–Kier alpha value is -1.55. The first kappa shape index (κ1) is 12.5. The second-order valence-electron chi connectivity index (χ2n) is 3.78. The number of rotatable bonds is 5. The lowest BCUT2D eigenvalue weighted by atomic mass is 10.1. The van der Waals surface area contributed by atoms with Crippen molar-refractivity contribution in [1.82, 2.24) is 0 Å². The van der Waals surface area contributed by atoms with E-state index < -0.39 is 5.97 Å². The SMILES string of the molecule is COC(C)CNc1ccc(C)cc1C(=O)O. The number of hydrogen-bond acceptors (Lipinski definition) is 3. The molecule has 88 valence electrons. The van der Waals surface area contributed by atoms with Crippen LogP contribution in [0.25, 0.3) is 0 Å². The summed E-state index contributed by atoms with van der Waals surface area (Å²) >= 11 is 0. The fraction of sp³-hybridized carbons (Fsp3) is 0.417. The number of carbonyl (C=O) groups is 1. The number of methoxy groups -OCH3 is 1. The molecule has 0 fully saturated rings. The smallest absolute Gasteiger partial charge is 0.337 e. The van der Waals surface area contributed by atoms with Gasteiger partial charge in [-0.2, -0.15) is 0 Å². The zero-order valence-corrected chi connectivity index (χ0v) is 9.78. The third kappa shape index (κ3) is 3.24. The van der Waals surface area contributed by atoms with E-state index in [0.29, 0.717) is 17.8 Å². The van der Waals surface area contributed by atoms with Gasteiger partial charge in [0.05, 0.1) is 11.7 Å². The summed E-state index contributed by atoms with van der Waals surface area (Å²) in [7, 11) is 1.62. The van der Waals surface area contributed by atoms with Crippen LogP contribution in [-0.4, -0.2) is 30.8 Å². The Kier molecular flexibility index (Phi) is 4.31. The fourth-order valence-electron chi connectivity index (χ4n) is 1.33. The predicted octanol–water partition coefficient (Wildman–Crippen LogP) is 2.14. The zero-order valence-electron chi connectivity index (χ0n) is 9.78.